The third kappa shape index (κ3) is 3.78. The summed E-state index contributed by atoms with van der Waals surface area (Å²) in [7, 11) is 2.75. The van der Waals surface area contributed by atoms with Crippen LogP contribution in [0.4, 0.5) is 0 Å². The van der Waals surface area contributed by atoms with E-state index in [0.29, 0.717) is 12.1 Å². The zero-order valence-electron chi connectivity index (χ0n) is 12.4. The maximum absolute atomic E-state index is 11.8. The molecule has 6 nitrogen and oxygen atoms in total. The van der Waals surface area contributed by atoms with E-state index in [4.69, 9.17) is 4.74 Å². The predicted octanol–water partition coefficient (Wildman–Crippen LogP) is 1.40. The van der Waals surface area contributed by atoms with Crippen LogP contribution in [0, 0.1) is 0 Å². The molecular weight excluding hydrogens is 272 g/mol. The molecule has 1 aliphatic rings. The maximum atomic E-state index is 11.8. The first-order valence-corrected chi connectivity index (χ1v) is 7.01. The molecule has 1 aromatic rings. The van der Waals surface area contributed by atoms with E-state index in [2.05, 4.69) is 14.6 Å². The standard InChI is InChI=1S/C15H20N2O4/c1-20-14(18)11-6-7-12(16-9-11)10-17-8-4-3-5-13(17)15(19)21-2/h6-7,9,13H,3-5,8,10H2,1-2H3. The van der Waals surface area contributed by atoms with Crippen LogP contribution >= 0.6 is 0 Å². The van der Waals surface area contributed by atoms with Crippen LogP contribution in [-0.4, -0.2) is 48.6 Å². The van der Waals surface area contributed by atoms with Crippen molar-refractivity contribution >= 4 is 11.9 Å². The van der Waals surface area contributed by atoms with Crippen LogP contribution in [0.1, 0.15) is 35.3 Å². The normalized spacial score (nSPS) is 19.0. The fourth-order valence-electron chi connectivity index (χ4n) is 2.55. The van der Waals surface area contributed by atoms with Gasteiger partial charge >= 0.3 is 11.9 Å². The van der Waals surface area contributed by atoms with Crippen LogP contribution in [0.25, 0.3) is 0 Å². The average Bonchev–Trinajstić information content (AvgIpc) is 2.54. The summed E-state index contributed by atoms with van der Waals surface area (Å²) < 4.78 is 9.50. The average molecular weight is 292 g/mol. The van der Waals surface area contributed by atoms with Gasteiger partial charge in [-0.25, -0.2) is 4.79 Å². The highest BCUT2D eigenvalue weighted by molar-refractivity contribution is 5.88. The van der Waals surface area contributed by atoms with E-state index in [1.165, 1.54) is 20.4 Å². The molecule has 21 heavy (non-hydrogen) atoms. The number of hydrogen-bond donors (Lipinski definition) is 0. The van der Waals surface area contributed by atoms with E-state index >= 15 is 0 Å². The molecule has 0 N–H and O–H groups in total. The summed E-state index contributed by atoms with van der Waals surface area (Å²) in [6.45, 7) is 1.42. The Labute approximate surface area is 124 Å². The number of rotatable bonds is 4. The second-order valence-corrected chi connectivity index (χ2v) is 5.04. The van der Waals surface area contributed by atoms with Crippen LogP contribution in [0.15, 0.2) is 18.3 Å². The highest BCUT2D eigenvalue weighted by Crippen LogP contribution is 2.20. The summed E-state index contributed by atoms with van der Waals surface area (Å²) in [6.07, 6.45) is 4.41. The maximum Gasteiger partial charge on any atom is 0.339 e. The minimum atomic E-state index is -0.403. The van der Waals surface area contributed by atoms with Gasteiger partial charge in [0.05, 0.1) is 25.5 Å². The molecule has 0 bridgehead atoms. The number of esters is 2. The number of likely N-dealkylation sites (tertiary alicyclic amines) is 1. The topological polar surface area (TPSA) is 68.7 Å². The van der Waals surface area contributed by atoms with E-state index in [-0.39, 0.29) is 12.0 Å². The molecule has 1 unspecified atom stereocenters. The predicted molar refractivity (Wildman–Crippen MR) is 75.6 cm³/mol. The van der Waals surface area contributed by atoms with Crippen molar-refractivity contribution in [1.29, 1.82) is 0 Å². The van der Waals surface area contributed by atoms with Gasteiger partial charge in [-0.2, -0.15) is 0 Å². The highest BCUT2D eigenvalue weighted by Gasteiger charge is 2.29. The lowest BCUT2D eigenvalue weighted by Gasteiger charge is -2.33. The molecule has 6 heteroatoms. The minimum Gasteiger partial charge on any atom is -0.468 e. The van der Waals surface area contributed by atoms with Crippen molar-refractivity contribution in [2.75, 3.05) is 20.8 Å². The lowest BCUT2D eigenvalue weighted by atomic mass is 10.0. The van der Waals surface area contributed by atoms with Crippen molar-refractivity contribution < 1.29 is 19.1 Å². The number of hydrogen-bond acceptors (Lipinski definition) is 6. The number of aromatic nitrogens is 1. The number of nitrogens with zero attached hydrogens (tertiary/aromatic N) is 2. The zero-order valence-corrected chi connectivity index (χ0v) is 12.4. The van der Waals surface area contributed by atoms with Crippen LogP contribution < -0.4 is 0 Å². The van der Waals surface area contributed by atoms with Crippen LogP contribution in [-0.2, 0) is 20.8 Å². The number of piperidine rings is 1. The minimum absolute atomic E-state index is 0.194. The molecule has 2 heterocycles. The second-order valence-electron chi connectivity index (χ2n) is 5.04. The Kier molecular flexibility index (Phi) is 5.27. The number of carbonyl (C=O) groups excluding carboxylic acids is 2. The Hall–Kier alpha value is -1.95. The van der Waals surface area contributed by atoms with E-state index in [1.54, 1.807) is 12.1 Å². The Morgan fingerprint density at radius 1 is 1.29 bits per heavy atom. The smallest absolute Gasteiger partial charge is 0.339 e. The molecular formula is C15H20N2O4. The van der Waals surface area contributed by atoms with Gasteiger partial charge in [-0.1, -0.05) is 6.42 Å². The van der Waals surface area contributed by atoms with Gasteiger partial charge in [0.25, 0.3) is 0 Å². The first kappa shape index (κ1) is 15.4. The van der Waals surface area contributed by atoms with Crippen LogP contribution in [0.5, 0.6) is 0 Å². The first-order chi connectivity index (χ1) is 10.2. The first-order valence-electron chi connectivity index (χ1n) is 7.01. The molecule has 1 saturated heterocycles. The molecule has 0 radical (unpaired) electrons. The summed E-state index contributed by atoms with van der Waals surface area (Å²) in [5, 5.41) is 0. The Morgan fingerprint density at radius 3 is 2.71 bits per heavy atom. The van der Waals surface area contributed by atoms with E-state index in [0.717, 1.165) is 31.5 Å². The van der Waals surface area contributed by atoms with Gasteiger partial charge in [0.1, 0.15) is 6.04 Å². The second kappa shape index (κ2) is 7.17. The van der Waals surface area contributed by atoms with Gasteiger partial charge in [-0.15, -0.1) is 0 Å². The van der Waals surface area contributed by atoms with Gasteiger partial charge in [-0.3, -0.25) is 14.7 Å². The molecule has 2 rings (SSSR count). The Morgan fingerprint density at radius 2 is 2.10 bits per heavy atom. The van der Waals surface area contributed by atoms with Gasteiger partial charge in [0.15, 0.2) is 0 Å². The molecule has 0 aromatic carbocycles. The number of ether oxygens (including phenoxy) is 2. The number of carbonyl (C=O) groups is 2. The molecule has 1 aliphatic heterocycles. The van der Waals surface area contributed by atoms with Gasteiger partial charge in [0.2, 0.25) is 0 Å². The third-order valence-electron chi connectivity index (χ3n) is 3.70. The fraction of sp³-hybridized carbons (Fsp3) is 0.533. The molecule has 114 valence electrons. The van der Waals surface area contributed by atoms with Crippen LogP contribution in [0.2, 0.25) is 0 Å². The fourth-order valence-corrected chi connectivity index (χ4v) is 2.55. The SMILES string of the molecule is COC(=O)c1ccc(CN2CCCCC2C(=O)OC)nc1. The van der Waals surface area contributed by atoms with E-state index in [9.17, 15) is 9.59 Å². The largest absolute Gasteiger partial charge is 0.468 e. The molecule has 1 fully saturated rings. The van der Waals surface area contributed by atoms with Crippen molar-refractivity contribution in [3.8, 4) is 0 Å². The van der Waals surface area contributed by atoms with E-state index in [1.807, 2.05) is 0 Å². The number of methoxy groups -OCH3 is 2. The molecule has 0 spiro atoms. The molecule has 1 aromatic heterocycles. The van der Waals surface area contributed by atoms with Crippen molar-refractivity contribution in [2.45, 2.75) is 31.8 Å². The summed E-state index contributed by atoms with van der Waals surface area (Å²) in [6, 6.07) is 3.27. The zero-order chi connectivity index (χ0) is 15.2. The summed E-state index contributed by atoms with van der Waals surface area (Å²) >= 11 is 0. The van der Waals surface area contributed by atoms with E-state index < -0.39 is 5.97 Å². The summed E-state index contributed by atoms with van der Waals surface area (Å²) in [5.41, 5.74) is 1.24. The quantitative estimate of drug-likeness (QED) is 0.781. The lowest BCUT2D eigenvalue weighted by Crippen LogP contribution is -2.44. The van der Waals surface area contributed by atoms with Crippen molar-refractivity contribution in [3.63, 3.8) is 0 Å². The number of pyridine rings is 1. The summed E-state index contributed by atoms with van der Waals surface area (Å²) in [4.78, 5) is 29.5. The third-order valence-corrected chi connectivity index (χ3v) is 3.70. The van der Waals surface area contributed by atoms with Crippen molar-refractivity contribution in [3.05, 3.63) is 29.6 Å². The Bertz CT molecular complexity index is 501. The van der Waals surface area contributed by atoms with Gasteiger partial charge in [0, 0.05) is 12.7 Å². The summed E-state index contributed by atoms with van der Waals surface area (Å²) in [5.74, 6) is -0.597. The lowest BCUT2D eigenvalue weighted by molar-refractivity contribution is -0.148. The van der Waals surface area contributed by atoms with Gasteiger partial charge in [-0.05, 0) is 31.5 Å². The molecule has 0 saturated carbocycles. The molecule has 0 aliphatic carbocycles. The Balaban J connectivity index is 2.05. The van der Waals surface area contributed by atoms with Gasteiger partial charge < -0.3 is 9.47 Å². The van der Waals surface area contributed by atoms with Crippen molar-refractivity contribution in [2.24, 2.45) is 0 Å². The monoisotopic (exact) mass is 292 g/mol. The van der Waals surface area contributed by atoms with Crippen LogP contribution in [0.3, 0.4) is 0 Å². The highest BCUT2D eigenvalue weighted by atomic mass is 16.5. The molecule has 1 atom stereocenters. The van der Waals surface area contributed by atoms with Crippen molar-refractivity contribution in [1.82, 2.24) is 9.88 Å². The molecule has 0 amide bonds.